The van der Waals surface area contributed by atoms with E-state index in [2.05, 4.69) is 36.0 Å². The number of aromatic nitrogens is 1. The molecule has 0 spiro atoms. The van der Waals surface area contributed by atoms with E-state index in [0.29, 0.717) is 12.1 Å². The normalized spacial score (nSPS) is 28.6. The molecule has 0 aliphatic heterocycles. The fourth-order valence-electron chi connectivity index (χ4n) is 2.88. The van der Waals surface area contributed by atoms with Gasteiger partial charge in [0.25, 0.3) is 0 Å². The second-order valence-corrected chi connectivity index (χ2v) is 5.70. The lowest BCUT2D eigenvalue weighted by Gasteiger charge is -2.38. The molecule has 1 saturated carbocycles. The van der Waals surface area contributed by atoms with Gasteiger partial charge in [-0.1, -0.05) is 13.0 Å². The number of rotatable bonds is 4. The lowest BCUT2D eigenvalue weighted by Crippen LogP contribution is -2.50. The smallest absolute Gasteiger partial charge is 0.0416 e. The van der Waals surface area contributed by atoms with E-state index in [4.69, 9.17) is 5.73 Å². The van der Waals surface area contributed by atoms with Crippen molar-refractivity contribution in [2.75, 3.05) is 13.6 Å². The van der Waals surface area contributed by atoms with Crippen LogP contribution in [-0.2, 0) is 6.42 Å². The molecule has 0 aromatic carbocycles. The van der Waals surface area contributed by atoms with Crippen LogP contribution in [0.5, 0.6) is 0 Å². The van der Waals surface area contributed by atoms with Gasteiger partial charge in [-0.15, -0.1) is 0 Å². The second-order valence-electron chi connectivity index (χ2n) is 5.70. The summed E-state index contributed by atoms with van der Waals surface area (Å²) in [5.41, 5.74) is 7.42. The third-order valence-electron chi connectivity index (χ3n) is 4.14. The Morgan fingerprint density at radius 1 is 1.39 bits per heavy atom. The van der Waals surface area contributed by atoms with Crippen molar-refractivity contribution < 1.29 is 0 Å². The molecule has 1 heterocycles. The highest BCUT2D eigenvalue weighted by molar-refractivity contribution is 5.04. The molecule has 1 fully saturated rings. The van der Waals surface area contributed by atoms with Crippen molar-refractivity contribution in [1.82, 2.24) is 9.88 Å². The fourth-order valence-corrected chi connectivity index (χ4v) is 2.88. The molecule has 3 nitrogen and oxygen atoms in total. The van der Waals surface area contributed by atoms with Crippen LogP contribution in [0.1, 0.15) is 31.9 Å². The third-order valence-corrected chi connectivity index (χ3v) is 4.14. The maximum absolute atomic E-state index is 6.25. The zero-order valence-electron chi connectivity index (χ0n) is 11.5. The molecule has 18 heavy (non-hydrogen) atoms. The van der Waals surface area contributed by atoms with Crippen LogP contribution in [0, 0.1) is 5.92 Å². The van der Waals surface area contributed by atoms with Gasteiger partial charge in [-0.3, -0.25) is 4.98 Å². The molecule has 1 aliphatic carbocycles. The largest absolute Gasteiger partial charge is 0.326 e. The quantitative estimate of drug-likeness (QED) is 0.885. The summed E-state index contributed by atoms with van der Waals surface area (Å²) in [7, 11) is 2.20. The Kier molecular flexibility index (Phi) is 4.72. The number of hydrogen-bond acceptors (Lipinski definition) is 3. The minimum atomic E-state index is 0.343. The second kappa shape index (κ2) is 6.30. The van der Waals surface area contributed by atoms with Crippen LogP contribution in [0.2, 0.25) is 0 Å². The van der Waals surface area contributed by atoms with E-state index in [-0.39, 0.29) is 0 Å². The molecule has 1 aliphatic rings. The molecule has 0 bridgehead atoms. The standard InChI is InChI=1S/C15H25N3/c1-12-6-7-14(16)15(11-12)18(2)10-8-13-5-3-4-9-17-13/h3-5,9,12,14-15H,6-8,10-11,16H2,1-2H3. The molecule has 3 atom stereocenters. The number of hydrogen-bond donors (Lipinski definition) is 1. The van der Waals surface area contributed by atoms with Gasteiger partial charge in [0.05, 0.1) is 0 Å². The van der Waals surface area contributed by atoms with Crippen molar-refractivity contribution in [2.45, 2.75) is 44.7 Å². The lowest BCUT2D eigenvalue weighted by molar-refractivity contribution is 0.143. The van der Waals surface area contributed by atoms with Crippen LogP contribution in [0.3, 0.4) is 0 Å². The molecule has 2 rings (SSSR count). The van der Waals surface area contributed by atoms with Crippen molar-refractivity contribution in [3.63, 3.8) is 0 Å². The van der Waals surface area contributed by atoms with E-state index in [1.54, 1.807) is 0 Å². The molecular formula is C15H25N3. The fraction of sp³-hybridized carbons (Fsp3) is 0.667. The van der Waals surface area contributed by atoms with Gasteiger partial charge in [-0.05, 0) is 44.4 Å². The van der Waals surface area contributed by atoms with E-state index in [1.165, 1.54) is 25.0 Å². The van der Waals surface area contributed by atoms with E-state index in [1.807, 2.05) is 12.3 Å². The van der Waals surface area contributed by atoms with E-state index >= 15 is 0 Å². The summed E-state index contributed by atoms with van der Waals surface area (Å²) >= 11 is 0. The minimum absolute atomic E-state index is 0.343. The van der Waals surface area contributed by atoms with Gasteiger partial charge in [-0.25, -0.2) is 0 Å². The summed E-state index contributed by atoms with van der Waals surface area (Å²) in [6.45, 7) is 3.38. The summed E-state index contributed by atoms with van der Waals surface area (Å²) in [6, 6.07) is 6.99. The monoisotopic (exact) mass is 247 g/mol. The highest BCUT2D eigenvalue weighted by Crippen LogP contribution is 2.26. The molecular weight excluding hydrogens is 222 g/mol. The minimum Gasteiger partial charge on any atom is -0.326 e. The van der Waals surface area contributed by atoms with Gasteiger partial charge in [0.2, 0.25) is 0 Å². The Labute approximate surface area is 110 Å². The summed E-state index contributed by atoms with van der Waals surface area (Å²) in [4.78, 5) is 6.80. The number of nitrogens with zero attached hydrogens (tertiary/aromatic N) is 2. The first kappa shape index (κ1) is 13.5. The first-order chi connectivity index (χ1) is 8.66. The van der Waals surface area contributed by atoms with Gasteiger partial charge in [-0.2, -0.15) is 0 Å². The summed E-state index contributed by atoms with van der Waals surface area (Å²) in [5.74, 6) is 0.812. The molecule has 3 unspecified atom stereocenters. The highest BCUT2D eigenvalue weighted by atomic mass is 15.1. The maximum atomic E-state index is 6.25. The van der Waals surface area contributed by atoms with Crippen LogP contribution < -0.4 is 5.73 Å². The van der Waals surface area contributed by atoms with Gasteiger partial charge >= 0.3 is 0 Å². The van der Waals surface area contributed by atoms with Crippen LogP contribution in [0.25, 0.3) is 0 Å². The van der Waals surface area contributed by atoms with Gasteiger partial charge in [0, 0.05) is 36.9 Å². The van der Waals surface area contributed by atoms with E-state index in [9.17, 15) is 0 Å². The van der Waals surface area contributed by atoms with Crippen molar-refractivity contribution in [2.24, 2.45) is 11.7 Å². The first-order valence-corrected chi connectivity index (χ1v) is 7.02. The first-order valence-electron chi connectivity index (χ1n) is 7.02. The van der Waals surface area contributed by atoms with Crippen molar-refractivity contribution in [3.05, 3.63) is 30.1 Å². The SMILES string of the molecule is CC1CCC(N)C(N(C)CCc2ccccn2)C1. The topological polar surface area (TPSA) is 42.1 Å². The average Bonchev–Trinajstić information content (AvgIpc) is 2.40. The van der Waals surface area contributed by atoms with Crippen LogP contribution in [0.15, 0.2) is 24.4 Å². The Balaban J connectivity index is 1.85. The Bertz CT molecular complexity index is 352. The Morgan fingerprint density at radius 2 is 2.22 bits per heavy atom. The molecule has 1 aromatic heterocycles. The number of likely N-dealkylation sites (N-methyl/N-ethyl adjacent to an activating group) is 1. The lowest BCUT2D eigenvalue weighted by atomic mass is 9.83. The number of nitrogens with two attached hydrogens (primary N) is 1. The maximum Gasteiger partial charge on any atom is 0.0416 e. The van der Waals surface area contributed by atoms with Crippen molar-refractivity contribution in [1.29, 1.82) is 0 Å². The Hall–Kier alpha value is -0.930. The molecule has 3 heteroatoms. The highest BCUT2D eigenvalue weighted by Gasteiger charge is 2.28. The van der Waals surface area contributed by atoms with E-state index in [0.717, 1.165) is 18.9 Å². The van der Waals surface area contributed by atoms with Gasteiger partial charge < -0.3 is 10.6 Å². The summed E-state index contributed by atoms with van der Waals surface area (Å²) in [5, 5.41) is 0. The number of pyridine rings is 1. The molecule has 0 amide bonds. The predicted octanol–water partition coefficient (Wildman–Crippen LogP) is 2.07. The molecule has 1 aromatic rings. The molecule has 0 saturated heterocycles. The van der Waals surface area contributed by atoms with Crippen molar-refractivity contribution in [3.8, 4) is 0 Å². The van der Waals surface area contributed by atoms with Crippen molar-refractivity contribution >= 4 is 0 Å². The summed E-state index contributed by atoms with van der Waals surface area (Å²) < 4.78 is 0. The van der Waals surface area contributed by atoms with Crippen LogP contribution >= 0.6 is 0 Å². The predicted molar refractivity (Wildman–Crippen MR) is 75.3 cm³/mol. The van der Waals surface area contributed by atoms with Crippen LogP contribution in [-0.4, -0.2) is 35.6 Å². The van der Waals surface area contributed by atoms with Gasteiger partial charge in [0.1, 0.15) is 0 Å². The van der Waals surface area contributed by atoms with Gasteiger partial charge in [0.15, 0.2) is 0 Å². The zero-order valence-corrected chi connectivity index (χ0v) is 11.5. The molecule has 100 valence electrons. The van der Waals surface area contributed by atoms with E-state index < -0.39 is 0 Å². The third kappa shape index (κ3) is 3.53. The summed E-state index contributed by atoms with van der Waals surface area (Å²) in [6.07, 6.45) is 6.56. The molecule has 0 radical (unpaired) electrons. The van der Waals surface area contributed by atoms with Crippen LogP contribution in [0.4, 0.5) is 0 Å². The Morgan fingerprint density at radius 3 is 2.94 bits per heavy atom. The molecule has 2 N–H and O–H groups in total. The average molecular weight is 247 g/mol. The zero-order chi connectivity index (χ0) is 13.0.